The van der Waals surface area contributed by atoms with Crippen molar-refractivity contribution in [3.63, 3.8) is 0 Å². The largest absolute Gasteiger partial charge is 0.398 e. The Kier molecular flexibility index (Phi) is 1.47. The molecule has 0 aromatic heterocycles. The van der Waals surface area contributed by atoms with E-state index in [0.717, 1.165) is 12.2 Å². The topological polar surface area (TPSA) is 29.3 Å². The molecule has 0 radical (unpaired) electrons. The summed E-state index contributed by atoms with van der Waals surface area (Å²) in [5.41, 5.74) is 7.72. The minimum absolute atomic E-state index is 0.848. The Labute approximate surface area is 55.6 Å². The Morgan fingerprint density at radius 1 is 1.67 bits per heavy atom. The quantitative estimate of drug-likeness (QED) is 0.514. The molecule has 0 amide bonds. The van der Waals surface area contributed by atoms with Crippen LogP contribution in [-0.4, -0.2) is 18.5 Å². The van der Waals surface area contributed by atoms with Gasteiger partial charge in [-0.15, -0.1) is 0 Å². The van der Waals surface area contributed by atoms with Gasteiger partial charge in [-0.05, 0) is 13.0 Å². The fraction of sp³-hybridized carbons (Fsp3) is 0.429. The summed E-state index contributed by atoms with van der Waals surface area (Å²) in [6, 6.07) is 0. The number of allylic oxidation sites excluding steroid dienone is 1. The molecule has 0 unspecified atom stereocenters. The van der Waals surface area contributed by atoms with Gasteiger partial charge >= 0.3 is 0 Å². The molecule has 2 nitrogen and oxygen atoms in total. The number of likely N-dealkylation sites (N-methyl/N-ethyl adjacent to an activating group) is 1. The third-order valence-electron chi connectivity index (χ3n) is 1.28. The first-order valence-electron chi connectivity index (χ1n) is 3.03. The van der Waals surface area contributed by atoms with Crippen LogP contribution in [0.4, 0.5) is 0 Å². The molecule has 0 spiro atoms. The lowest BCUT2D eigenvalue weighted by atomic mass is 10.2. The SMILES string of the molecule is CC1=CC(N)=CN(C)C1. The van der Waals surface area contributed by atoms with Crippen LogP contribution in [0.15, 0.2) is 23.5 Å². The molecular formula is C7H12N2. The number of rotatable bonds is 0. The van der Waals surface area contributed by atoms with Gasteiger partial charge in [0, 0.05) is 25.5 Å². The molecule has 1 rings (SSSR count). The number of hydrogen-bond donors (Lipinski definition) is 1. The highest BCUT2D eigenvalue weighted by atomic mass is 15.1. The van der Waals surface area contributed by atoms with Crippen LogP contribution in [0.1, 0.15) is 6.92 Å². The van der Waals surface area contributed by atoms with Gasteiger partial charge in [0.1, 0.15) is 0 Å². The van der Waals surface area contributed by atoms with Gasteiger partial charge in [0.15, 0.2) is 0 Å². The molecule has 9 heavy (non-hydrogen) atoms. The van der Waals surface area contributed by atoms with Crippen LogP contribution in [-0.2, 0) is 0 Å². The first-order valence-corrected chi connectivity index (χ1v) is 3.03. The molecule has 0 aromatic carbocycles. The van der Waals surface area contributed by atoms with Crippen molar-refractivity contribution < 1.29 is 0 Å². The molecule has 0 saturated heterocycles. The van der Waals surface area contributed by atoms with Crippen LogP contribution in [0.3, 0.4) is 0 Å². The van der Waals surface area contributed by atoms with Crippen LogP contribution in [0.2, 0.25) is 0 Å². The fourth-order valence-electron chi connectivity index (χ4n) is 1.06. The Morgan fingerprint density at radius 2 is 2.33 bits per heavy atom. The summed E-state index contributed by atoms with van der Waals surface area (Å²) < 4.78 is 0. The number of hydrogen-bond acceptors (Lipinski definition) is 2. The predicted molar refractivity (Wildman–Crippen MR) is 38.7 cm³/mol. The van der Waals surface area contributed by atoms with Gasteiger partial charge in [0.2, 0.25) is 0 Å². The smallest absolute Gasteiger partial charge is 0.0475 e. The zero-order valence-electron chi connectivity index (χ0n) is 5.89. The highest BCUT2D eigenvalue weighted by Crippen LogP contribution is 2.06. The maximum atomic E-state index is 5.56. The molecule has 2 N–H and O–H groups in total. The van der Waals surface area contributed by atoms with Gasteiger partial charge < -0.3 is 10.6 Å². The first kappa shape index (κ1) is 6.20. The second-order valence-corrected chi connectivity index (χ2v) is 2.53. The zero-order valence-corrected chi connectivity index (χ0v) is 5.89. The van der Waals surface area contributed by atoms with Crippen molar-refractivity contribution in [1.82, 2.24) is 4.90 Å². The monoisotopic (exact) mass is 124 g/mol. The third kappa shape index (κ3) is 1.49. The zero-order chi connectivity index (χ0) is 6.85. The lowest BCUT2D eigenvalue weighted by molar-refractivity contribution is 0.485. The molecular weight excluding hydrogens is 112 g/mol. The van der Waals surface area contributed by atoms with Crippen LogP contribution < -0.4 is 5.73 Å². The average molecular weight is 124 g/mol. The average Bonchev–Trinajstić information content (AvgIpc) is 1.59. The lowest BCUT2D eigenvalue weighted by Crippen LogP contribution is -2.19. The van der Waals surface area contributed by atoms with E-state index in [-0.39, 0.29) is 0 Å². The van der Waals surface area contributed by atoms with E-state index in [1.54, 1.807) is 0 Å². The van der Waals surface area contributed by atoms with Gasteiger partial charge in [-0.3, -0.25) is 0 Å². The van der Waals surface area contributed by atoms with Crippen molar-refractivity contribution in [3.05, 3.63) is 23.5 Å². The van der Waals surface area contributed by atoms with E-state index in [1.807, 2.05) is 19.3 Å². The van der Waals surface area contributed by atoms with E-state index in [0.29, 0.717) is 0 Å². The summed E-state index contributed by atoms with van der Waals surface area (Å²) in [6.45, 7) is 3.08. The second-order valence-electron chi connectivity index (χ2n) is 2.53. The molecule has 0 fully saturated rings. The molecule has 0 atom stereocenters. The first-order chi connectivity index (χ1) is 4.18. The Hall–Kier alpha value is -0.920. The number of nitrogens with zero attached hydrogens (tertiary/aromatic N) is 1. The van der Waals surface area contributed by atoms with Crippen LogP contribution >= 0.6 is 0 Å². The van der Waals surface area contributed by atoms with E-state index < -0.39 is 0 Å². The van der Waals surface area contributed by atoms with Gasteiger partial charge in [-0.25, -0.2) is 0 Å². The molecule has 0 aromatic rings. The standard InChI is InChI=1S/C7H12N2/c1-6-3-7(8)5-9(2)4-6/h3,5H,4,8H2,1-2H3. The number of nitrogens with two attached hydrogens (primary N) is 1. The maximum absolute atomic E-state index is 5.56. The highest BCUT2D eigenvalue weighted by Gasteiger charge is 2.00. The van der Waals surface area contributed by atoms with Crippen molar-refractivity contribution in [2.24, 2.45) is 5.73 Å². The van der Waals surface area contributed by atoms with Gasteiger partial charge in [0.05, 0.1) is 0 Å². The van der Waals surface area contributed by atoms with Crippen molar-refractivity contribution in [2.45, 2.75) is 6.92 Å². The Bertz CT molecular complexity index is 168. The molecule has 1 aliphatic heterocycles. The van der Waals surface area contributed by atoms with E-state index in [1.165, 1.54) is 5.57 Å². The second kappa shape index (κ2) is 2.13. The van der Waals surface area contributed by atoms with E-state index in [4.69, 9.17) is 5.73 Å². The molecule has 2 heteroatoms. The summed E-state index contributed by atoms with van der Waals surface area (Å²) >= 11 is 0. The van der Waals surface area contributed by atoms with Crippen molar-refractivity contribution in [2.75, 3.05) is 13.6 Å². The van der Waals surface area contributed by atoms with E-state index in [9.17, 15) is 0 Å². The molecule has 50 valence electrons. The van der Waals surface area contributed by atoms with Crippen molar-refractivity contribution >= 4 is 0 Å². The molecule has 0 aliphatic carbocycles. The summed E-state index contributed by atoms with van der Waals surface area (Å²) in [5, 5.41) is 0. The van der Waals surface area contributed by atoms with Gasteiger partial charge in [-0.1, -0.05) is 5.57 Å². The summed E-state index contributed by atoms with van der Waals surface area (Å²) in [4.78, 5) is 2.07. The summed E-state index contributed by atoms with van der Waals surface area (Å²) in [6.07, 6.45) is 3.94. The minimum Gasteiger partial charge on any atom is -0.398 e. The van der Waals surface area contributed by atoms with Gasteiger partial charge in [-0.2, -0.15) is 0 Å². The van der Waals surface area contributed by atoms with Crippen LogP contribution in [0, 0.1) is 0 Å². The van der Waals surface area contributed by atoms with Crippen molar-refractivity contribution in [3.8, 4) is 0 Å². The Balaban J connectivity index is 2.74. The molecule has 0 saturated carbocycles. The van der Waals surface area contributed by atoms with E-state index in [2.05, 4.69) is 11.8 Å². The predicted octanol–water partition coefficient (Wildman–Crippen LogP) is 0.678. The summed E-state index contributed by atoms with van der Waals surface area (Å²) in [7, 11) is 2.02. The van der Waals surface area contributed by atoms with Gasteiger partial charge in [0.25, 0.3) is 0 Å². The third-order valence-corrected chi connectivity index (χ3v) is 1.28. The maximum Gasteiger partial charge on any atom is 0.0475 e. The normalized spacial score (nSPS) is 19.1. The summed E-state index contributed by atoms with van der Waals surface area (Å²) in [5.74, 6) is 0. The van der Waals surface area contributed by atoms with Crippen LogP contribution in [0.25, 0.3) is 0 Å². The molecule has 0 bridgehead atoms. The van der Waals surface area contributed by atoms with Crippen molar-refractivity contribution in [1.29, 1.82) is 0 Å². The molecule has 1 aliphatic rings. The fourth-order valence-corrected chi connectivity index (χ4v) is 1.06. The van der Waals surface area contributed by atoms with Crippen LogP contribution in [0.5, 0.6) is 0 Å². The lowest BCUT2D eigenvalue weighted by Gasteiger charge is -2.19. The highest BCUT2D eigenvalue weighted by molar-refractivity contribution is 5.24. The Morgan fingerprint density at radius 3 is 2.78 bits per heavy atom. The van der Waals surface area contributed by atoms with E-state index >= 15 is 0 Å². The molecule has 1 heterocycles. The minimum atomic E-state index is 0.848.